The van der Waals surface area contributed by atoms with E-state index in [1.54, 1.807) is 12.5 Å². The number of nitrogen functional groups attached to an aromatic ring is 2. The summed E-state index contributed by atoms with van der Waals surface area (Å²) in [6.45, 7) is 4.05. The zero-order valence-electron chi connectivity index (χ0n) is 13.4. The van der Waals surface area contributed by atoms with Gasteiger partial charge in [-0.15, -0.1) is 0 Å². The first kappa shape index (κ1) is 17.6. The fourth-order valence-electron chi connectivity index (χ4n) is 1.92. The van der Waals surface area contributed by atoms with Crippen molar-refractivity contribution in [2.24, 2.45) is 0 Å². The minimum absolute atomic E-state index is 0.124. The van der Waals surface area contributed by atoms with Crippen molar-refractivity contribution in [2.75, 3.05) is 24.8 Å². The molecule has 2 aromatic rings. The number of ether oxygens (including phenoxy) is 1. The van der Waals surface area contributed by atoms with Gasteiger partial charge in [-0.3, -0.25) is 0 Å². The molecule has 7 nitrogen and oxygen atoms in total. The standard InChI is InChI=1S/C14H19N5O2S2/c1-7(2)11-8(5-10(23(4)20)13(18-11)21-3)22-9-6-17-14(16)19-12(9)15/h5-7H,1-4H3,(H4,15,16,17,19). The van der Waals surface area contributed by atoms with Gasteiger partial charge >= 0.3 is 0 Å². The Hall–Kier alpha value is -1.71. The number of methoxy groups -OCH3 is 1. The summed E-state index contributed by atoms with van der Waals surface area (Å²) in [4.78, 5) is 14.5. The van der Waals surface area contributed by atoms with Gasteiger partial charge in [0.15, 0.2) is 0 Å². The van der Waals surface area contributed by atoms with E-state index in [0.29, 0.717) is 21.5 Å². The summed E-state index contributed by atoms with van der Waals surface area (Å²) < 4.78 is 17.2. The van der Waals surface area contributed by atoms with Gasteiger partial charge in [-0.05, 0) is 17.1 Å². The molecular weight excluding hydrogens is 334 g/mol. The summed E-state index contributed by atoms with van der Waals surface area (Å²) in [6, 6.07) is 1.82. The van der Waals surface area contributed by atoms with Crippen molar-refractivity contribution >= 4 is 34.7 Å². The minimum Gasteiger partial charge on any atom is -0.612 e. The second kappa shape index (κ2) is 7.24. The molecule has 0 aliphatic carbocycles. The van der Waals surface area contributed by atoms with E-state index in [1.165, 1.54) is 18.9 Å². The van der Waals surface area contributed by atoms with Gasteiger partial charge in [0.1, 0.15) is 12.1 Å². The van der Waals surface area contributed by atoms with Crippen molar-refractivity contribution in [3.8, 4) is 5.88 Å². The van der Waals surface area contributed by atoms with Crippen LogP contribution in [0.1, 0.15) is 25.5 Å². The molecule has 0 aliphatic heterocycles. The molecule has 0 aromatic carbocycles. The molecule has 0 saturated heterocycles. The zero-order valence-corrected chi connectivity index (χ0v) is 15.0. The molecule has 2 rings (SSSR count). The Morgan fingerprint density at radius 2 is 1.96 bits per heavy atom. The first-order valence-corrected chi connectivity index (χ1v) is 9.19. The maximum Gasteiger partial charge on any atom is 0.270 e. The molecule has 1 atom stereocenters. The molecule has 4 N–H and O–H groups in total. The lowest BCUT2D eigenvalue weighted by molar-refractivity contribution is 0.381. The molecule has 0 fully saturated rings. The van der Waals surface area contributed by atoms with Gasteiger partial charge in [-0.1, -0.05) is 25.6 Å². The van der Waals surface area contributed by atoms with Crippen LogP contribution < -0.4 is 16.2 Å². The van der Waals surface area contributed by atoms with E-state index in [-0.39, 0.29) is 11.9 Å². The molecule has 0 aliphatic rings. The van der Waals surface area contributed by atoms with Crippen LogP contribution in [0, 0.1) is 0 Å². The maximum absolute atomic E-state index is 11.9. The van der Waals surface area contributed by atoms with Crippen molar-refractivity contribution in [3.63, 3.8) is 0 Å². The fraction of sp³-hybridized carbons (Fsp3) is 0.357. The lowest BCUT2D eigenvalue weighted by atomic mass is 10.1. The van der Waals surface area contributed by atoms with Gasteiger partial charge in [-0.25, -0.2) is 9.97 Å². The highest BCUT2D eigenvalue weighted by Crippen LogP contribution is 2.38. The average molecular weight is 353 g/mol. The van der Waals surface area contributed by atoms with Gasteiger partial charge in [0.05, 0.1) is 17.7 Å². The third-order valence-electron chi connectivity index (χ3n) is 3.02. The minimum atomic E-state index is -1.22. The molecule has 0 bridgehead atoms. The Morgan fingerprint density at radius 3 is 2.48 bits per heavy atom. The zero-order chi connectivity index (χ0) is 17.1. The summed E-state index contributed by atoms with van der Waals surface area (Å²) in [5.41, 5.74) is 12.2. The van der Waals surface area contributed by atoms with Crippen LogP contribution in [-0.4, -0.2) is 32.9 Å². The third kappa shape index (κ3) is 3.98. The van der Waals surface area contributed by atoms with E-state index < -0.39 is 11.2 Å². The molecule has 0 saturated carbocycles. The number of anilines is 2. The van der Waals surface area contributed by atoms with Crippen LogP contribution in [0.25, 0.3) is 0 Å². The Kier molecular flexibility index (Phi) is 5.55. The lowest BCUT2D eigenvalue weighted by Gasteiger charge is -2.16. The van der Waals surface area contributed by atoms with E-state index in [9.17, 15) is 4.55 Å². The number of hydrogen-bond acceptors (Lipinski definition) is 8. The van der Waals surface area contributed by atoms with Crippen LogP contribution in [0.5, 0.6) is 5.88 Å². The largest absolute Gasteiger partial charge is 0.612 e. The van der Waals surface area contributed by atoms with E-state index in [0.717, 1.165) is 10.6 Å². The smallest absolute Gasteiger partial charge is 0.270 e. The summed E-state index contributed by atoms with van der Waals surface area (Å²) in [5, 5.41) is 0. The predicted molar refractivity (Wildman–Crippen MR) is 92.2 cm³/mol. The number of rotatable bonds is 5. The van der Waals surface area contributed by atoms with E-state index in [4.69, 9.17) is 16.2 Å². The Bertz CT molecular complexity index is 710. The summed E-state index contributed by atoms with van der Waals surface area (Å²) >= 11 is 0.148. The maximum atomic E-state index is 11.9. The summed E-state index contributed by atoms with van der Waals surface area (Å²) in [5.74, 6) is 0.952. The second-order valence-electron chi connectivity index (χ2n) is 5.07. The van der Waals surface area contributed by atoms with Crippen LogP contribution in [0.4, 0.5) is 11.8 Å². The Balaban J connectivity index is 2.52. The van der Waals surface area contributed by atoms with Crippen molar-refractivity contribution in [2.45, 2.75) is 34.5 Å². The number of hydrogen-bond donors (Lipinski definition) is 2. The number of aromatic nitrogens is 3. The average Bonchev–Trinajstić information content (AvgIpc) is 2.49. The summed E-state index contributed by atoms with van der Waals surface area (Å²) in [6.07, 6.45) is 3.16. The molecule has 1 unspecified atom stereocenters. The number of nitrogens with zero attached hydrogens (tertiary/aromatic N) is 3. The fourth-order valence-corrected chi connectivity index (χ4v) is 3.71. The highest BCUT2D eigenvalue weighted by atomic mass is 32.2. The van der Waals surface area contributed by atoms with Crippen LogP contribution >= 0.6 is 11.8 Å². The first-order valence-electron chi connectivity index (χ1n) is 6.81. The van der Waals surface area contributed by atoms with Gasteiger partial charge in [0.2, 0.25) is 10.8 Å². The quantitative estimate of drug-likeness (QED) is 0.783. The Morgan fingerprint density at radius 1 is 1.26 bits per heavy atom. The van der Waals surface area contributed by atoms with Gasteiger partial charge < -0.3 is 20.8 Å². The van der Waals surface area contributed by atoms with E-state index >= 15 is 0 Å². The van der Waals surface area contributed by atoms with Crippen molar-refractivity contribution in [3.05, 3.63) is 18.0 Å². The molecule has 0 radical (unpaired) electrons. The number of nitrogens with two attached hydrogens (primary N) is 2. The van der Waals surface area contributed by atoms with E-state index in [2.05, 4.69) is 15.0 Å². The molecule has 23 heavy (non-hydrogen) atoms. The summed E-state index contributed by atoms with van der Waals surface area (Å²) in [7, 11) is 1.52. The van der Waals surface area contributed by atoms with Gasteiger partial charge in [0.25, 0.3) is 5.88 Å². The van der Waals surface area contributed by atoms with Crippen molar-refractivity contribution < 1.29 is 9.29 Å². The van der Waals surface area contributed by atoms with E-state index in [1.807, 2.05) is 19.9 Å². The molecule has 2 aromatic heterocycles. The Labute approximate surface area is 142 Å². The number of pyridine rings is 1. The van der Waals surface area contributed by atoms with Gasteiger partial charge in [0, 0.05) is 17.2 Å². The monoisotopic (exact) mass is 353 g/mol. The topological polar surface area (TPSA) is 123 Å². The van der Waals surface area contributed by atoms with Crippen molar-refractivity contribution in [1.82, 2.24) is 15.0 Å². The molecule has 2 heterocycles. The molecule has 0 amide bonds. The first-order chi connectivity index (χ1) is 10.8. The lowest BCUT2D eigenvalue weighted by Crippen LogP contribution is -2.07. The van der Waals surface area contributed by atoms with Crippen molar-refractivity contribution in [1.29, 1.82) is 0 Å². The van der Waals surface area contributed by atoms with Crippen LogP contribution in [0.2, 0.25) is 0 Å². The molecule has 9 heteroatoms. The SMILES string of the molecule is COc1nc(C(C)C)c(Sc2cnc(N)nc2N)cc1[S+](C)[O-]. The predicted octanol–water partition coefficient (Wildman–Crippen LogP) is 2.06. The highest BCUT2D eigenvalue weighted by molar-refractivity contribution is 7.99. The highest BCUT2D eigenvalue weighted by Gasteiger charge is 2.22. The normalized spacial score (nSPS) is 12.4. The van der Waals surface area contributed by atoms with Crippen LogP contribution in [-0.2, 0) is 11.2 Å². The van der Waals surface area contributed by atoms with Gasteiger partial charge in [-0.2, -0.15) is 4.98 Å². The van der Waals surface area contributed by atoms with Crippen LogP contribution in [0.3, 0.4) is 0 Å². The second-order valence-corrected chi connectivity index (χ2v) is 7.50. The molecular formula is C14H19N5O2S2. The third-order valence-corrected chi connectivity index (χ3v) is 5.01. The molecule has 0 spiro atoms. The van der Waals surface area contributed by atoms with Crippen LogP contribution in [0.15, 0.2) is 26.9 Å². The molecule has 124 valence electrons.